The maximum absolute atomic E-state index is 12.2. The Morgan fingerprint density at radius 2 is 0.908 bits per heavy atom. The summed E-state index contributed by atoms with van der Waals surface area (Å²) in [5, 5.41) is 12.2. The van der Waals surface area contributed by atoms with Crippen molar-refractivity contribution in [3.8, 4) is 72.9 Å². The number of phenols is 1. The van der Waals surface area contributed by atoms with Crippen molar-refractivity contribution in [2.75, 3.05) is 0 Å². The minimum Gasteiger partial charge on any atom is -0.507 e. The Morgan fingerprint density at radius 1 is 0.400 bits per heavy atom. The third-order valence-corrected chi connectivity index (χ3v) is 12.7. The van der Waals surface area contributed by atoms with Crippen LogP contribution in [0.2, 0.25) is 0 Å². The minimum atomic E-state index is -0.295. The Morgan fingerprint density at radius 3 is 1.54 bits per heavy atom. The molecule has 1 N–H and O–H groups in total. The third kappa shape index (κ3) is 10.2. The van der Waals surface area contributed by atoms with Gasteiger partial charge in [-0.15, -0.1) is 18.2 Å². The Balaban J connectivity index is 0.00000630. The number of pyridine rings is 2. The van der Waals surface area contributed by atoms with Crippen LogP contribution in [-0.4, -0.2) is 15.1 Å². The van der Waals surface area contributed by atoms with E-state index >= 15 is 0 Å². The molecule has 8 aromatic rings. The molecule has 6 aromatic carbocycles. The van der Waals surface area contributed by atoms with Gasteiger partial charge in [0.15, 0.2) is 0 Å². The molecule has 3 nitrogen and oxygen atoms in total. The molecule has 4 heteroatoms. The molecule has 2 aromatic heterocycles. The van der Waals surface area contributed by atoms with E-state index in [4.69, 9.17) is 9.97 Å². The molecule has 0 saturated heterocycles. The van der Waals surface area contributed by atoms with Crippen molar-refractivity contribution in [1.29, 1.82) is 0 Å². The van der Waals surface area contributed by atoms with E-state index in [1.54, 1.807) is 0 Å². The van der Waals surface area contributed by atoms with Crippen molar-refractivity contribution in [2.24, 2.45) is 0 Å². The number of aromatic nitrogens is 2. The first-order valence-corrected chi connectivity index (χ1v) is 22.5. The molecule has 0 aliphatic rings. The van der Waals surface area contributed by atoms with E-state index in [2.05, 4.69) is 234 Å². The number of hydrogen-bond donors (Lipinski definition) is 1. The molecule has 0 aliphatic heterocycles. The maximum atomic E-state index is 12.2. The van der Waals surface area contributed by atoms with Crippen molar-refractivity contribution in [1.82, 2.24) is 9.97 Å². The van der Waals surface area contributed by atoms with Gasteiger partial charge >= 0.3 is 0 Å². The molecule has 0 aliphatic carbocycles. The van der Waals surface area contributed by atoms with Gasteiger partial charge in [-0.1, -0.05) is 220 Å². The molecule has 0 radical (unpaired) electrons. The van der Waals surface area contributed by atoms with Gasteiger partial charge in [0.25, 0.3) is 0 Å². The van der Waals surface area contributed by atoms with Crippen LogP contribution in [-0.2, 0) is 42.7 Å². The van der Waals surface area contributed by atoms with Crippen LogP contribution < -0.4 is 0 Å². The van der Waals surface area contributed by atoms with Crippen LogP contribution in [0.15, 0.2) is 164 Å². The zero-order chi connectivity index (χ0) is 45.6. The summed E-state index contributed by atoms with van der Waals surface area (Å²) in [4.78, 5) is 10.4. The largest absolute Gasteiger partial charge is 0.507 e. The molecule has 0 atom stereocenters. The number of rotatable bonds is 8. The smallest absolute Gasteiger partial charge is 0.128 e. The normalized spacial score (nSPS) is 12.2. The summed E-state index contributed by atoms with van der Waals surface area (Å²) in [5.41, 5.74) is 16.4. The van der Waals surface area contributed by atoms with Gasteiger partial charge < -0.3 is 5.11 Å². The molecule has 2 heterocycles. The van der Waals surface area contributed by atoms with Crippen molar-refractivity contribution in [3.63, 3.8) is 0 Å². The number of phenolic OH excluding ortho intramolecular Hbond substituents is 1. The van der Waals surface area contributed by atoms with Gasteiger partial charge in [-0.25, -0.2) is 0 Å². The molecular weight excluding hydrogens is 972 g/mol. The summed E-state index contributed by atoms with van der Waals surface area (Å²) < 4.78 is 0. The fourth-order valence-electron chi connectivity index (χ4n) is 8.47. The number of hydrogen-bond acceptors (Lipinski definition) is 3. The zero-order valence-electron chi connectivity index (χ0n) is 39.7. The number of benzene rings is 6. The van der Waals surface area contributed by atoms with Gasteiger partial charge in [-0.2, -0.15) is 0 Å². The summed E-state index contributed by atoms with van der Waals surface area (Å²) >= 11 is 0. The molecule has 0 bridgehead atoms. The van der Waals surface area contributed by atoms with Gasteiger partial charge in [0.1, 0.15) is 5.75 Å². The van der Waals surface area contributed by atoms with Crippen LogP contribution in [0.4, 0.5) is 0 Å². The van der Waals surface area contributed by atoms with Crippen LogP contribution in [0.3, 0.4) is 0 Å². The number of nitrogens with zero attached hydrogens (tertiary/aromatic N) is 2. The first-order valence-electron chi connectivity index (χ1n) is 22.5. The van der Waals surface area contributed by atoms with Crippen LogP contribution in [0.5, 0.6) is 5.75 Å². The Bertz CT molecular complexity index is 2950. The van der Waals surface area contributed by atoms with Crippen LogP contribution in [0.25, 0.3) is 67.2 Å². The van der Waals surface area contributed by atoms with E-state index in [1.165, 1.54) is 16.7 Å². The Labute approximate surface area is 402 Å². The van der Waals surface area contributed by atoms with E-state index in [9.17, 15) is 5.11 Å². The van der Waals surface area contributed by atoms with E-state index in [-0.39, 0.29) is 48.5 Å². The molecular formula is C61H61N2OPt-. The first-order chi connectivity index (χ1) is 30.3. The van der Waals surface area contributed by atoms with Crippen molar-refractivity contribution in [2.45, 2.75) is 97.8 Å². The molecule has 0 spiro atoms. The average molecular weight is 1030 g/mol. The van der Waals surface area contributed by atoms with Crippen LogP contribution in [0, 0.1) is 6.07 Å². The second kappa shape index (κ2) is 18.2. The van der Waals surface area contributed by atoms with Gasteiger partial charge in [0, 0.05) is 55.2 Å². The third-order valence-electron chi connectivity index (χ3n) is 12.7. The van der Waals surface area contributed by atoms with Crippen LogP contribution in [0.1, 0.15) is 104 Å². The van der Waals surface area contributed by atoms with Gasteiger partial charge in [-0.05, 0) is 84.5 Å². The number of aromatic hydroxyl groups is 1. The van der Waals surface area contributed by atoms with Crippen molar-refractivity contribution >= 4 is 0 Å². The predicted octanol–water partition coefficient (Wildman–Crippen LogP) is 16.2. The predicted molar refractivity (Wildman–Crippen MR) is 270 cm³/mol. The second-order valence-corrected chi connectivity index (χ2v) is 20.9. The zero-order valence-corrected chi connectivity index (χ0v) is 42.0. The minimum absolute atomic E-state index is 0. The standard InChI is InChI=1S/C61H61N2O.Pt/c1-58(2,3)50-24-18-21-42(34-50)45-36-55(63-56(37-45)52-38-51(59(4,5)6)39-53(57(52)64)60(7,8)9)47-32-44(40-19-14-12-15-20-40)31-46(33-47)54-35-43(29-30-62-54)41-25-27-49(28-26-41)61(10,11)48-22-16-13-17-23-48;/h12-32,34-39,64H,1-11H3;/q-1;. The molecule has 65 heavy (non-hydrogen) atoms. The summed E-state index contributed by atoms with van der Waals surface area (Å²) in [7, 11) is 0. The van der Waals surface area contributed by atoms with Gasteiger partial charge in [0.2, 0.25) is 0 Å². The molecule has 332 valence electrons. The topological polar surface area (TPSA) is 46.0 Å². The average Bonchev–Trinajstić information content (AvgIpc) is 3.28. The van der Waals surface area contributed by atoms with Gasteiger partial charge in [0.05, 0.1) is 5.69 Å². The van der Waals surface area contributed by atoms with E-state index < -0.39 is 0 Å². The Hall–Kier alpha value is -5.89. The first kappa shape index (κ1) is 47.1. The molecule has 0 amide bonds. The van der Waals surface area contributed by atoms with E-state index in [0.717, 1.165) is 72.6 Å². The van der Waals surface area contributed by atoms with Crippen molar-refractivity contribution in [3.05, 3.63) is 198 Å². The summed E-state index contributed by atoms with van der Waals surface area (Å²) in [6, 6.07) is 59.9. The molecule has 0 fully saturated rings. The summed E-state index contributed by atoms with van der Waals surface area (Å²) in [6.07, 6.45) is 1.90. The van der Waals surface area contributed by atoms with Gasteiger partial charge in [-0.3, -0.25) is 9.97 Å². The fraction of sp³-hybridized carbons (Fsp3) is 0.246. The molecule has 8 rings (SSSR count). The maximum Gasteiger partial charge on any atom is 0.128 e. The fourth-order valence-corrected chi connectivity index (χ4v) is 8.47. The van der Waals surface area contributed by atoms with Crippen LogP contribution >= 0.6 is 0 Å². The SMILES string of the molecule is CC(C)(C)c1cccc(-c2cc(-c3[c-]c(-c4cc(-c5ccc(C(C)(C)c6ccccc6)cc5)ccn4)cc(-c4ccccc4)c3)nc(-c3cc(C(C)(C)C)cc(C(C)(C)C)c3O)c2)c1.[Pt]. The summed E-state index contributed by atoms with van der Waals surface area (Å²) in [6.45, 7) is 24.4. The quantitative estimate of drug-likeness (QED) is 0.154. The second-order valence-electron chi connectivity index (χ2n) is 20.9. The summed E-state index contributed by atoms with van der Waals surface area (Å²) in [5.74, 6) is 0.264. The molecule has 0 unspecified atom stereocenters. The van der Waals surface area contributed by atoms with Crippen molar-refractivity contribution < 1.29 is 26.2 Å². The van der Waals surface area contributed by atoms with E-state index in [0.29, 0.717) is 5.69 Å². The van der Waals surface area contributed by atoms with E-state index in [1.807, 2.05) is 12.3 Å². The molecule has 0 saturated carbocycles. The Kier molecular flexibility index (Phi) is 13.2. The monoisotopic (exact) mass is 1030 g/mol.